The van der Waals surface area contributed by atoms with Crippen LogP contribution in [-0.2, 0) is 16.0 Å². The zero-order chi connectivity index (χ0) is 27.0. The predicted molar refractivity (Wildman–Crippen MR) is 145 cm³/mol. The van der Waals surface area contributed by atoms with Crippen molar-refractivity contribution in [3.63, 3.8) is 0 Å². The Kier molecular flexibility index (Phi) is 6.62. The number of esters is 1. The van der Waals surface area contributed by atoms with Gasteiger partial charge in [-0.3, -0.25) is 14.7 Å². The maximum Gasteiger partial charge on any atom is 0.312 e. The van der Waals surface area contributed by atoms with Crippen molar-refractivity contribution in [2.75, 3.05) is 0 Å². The molecule has 2 N–H and O–H groups in total. The smallest absolute Gasteiger partial charge is 0.312 e. The summed E-state index contributed by atoms with van der Waals surface area (Å²) in [6.07, 6.45) is 4.78. The molecule has 0 saturated heterocycles. The molecule has 0 aliphatic rings. The summed E-state index contributed by atoms with van der Waals surface area (Å²) in [5.41, 5.74) is 3.63. The lowest BCUT2D eigenvalue weighted by Crippen LogP contribution is -2.29. The number of hydrogen-bond donors (Lipinski definition) is 2. The van der Waals surface area contributed by atoms with Gasteiger partial charge in [-0.05, 0) is 51.0 Å². The van der Waals surface area contributed by atoms with E-state index in [0.717, 1.165) is 27.6 Å². The number of nitrogens with zero attached hydrogens (tertiary/aromatic N) is 4. The zero-order valence-corrected chi connectivity index (χ0v) is 22.2. The number of amides is 1. The second-order valence-electron chi connectivity index (χ2n) is 10.0. The summed E-state index contributed by atoms with van der Waals surface area (Å²) in [7, 11) is 0. The lowest BCUT2D eigenvalue weighted by Gasteiger charge is -2.20. The van der Waals surface area contributed by atoms with E-state index in [1.165, 1.54) is 4.52 Å². The van der Waals surface area contributed by atoms with Crippen molar-refractivity contribution in [1.29, 1.82) is 0 Å². The molecule has 0 fully saturated rings. The molecule has 3 aromatic heterocycles. The highest BCUT2D eigenvalue weighted by Gasteiger charge is 2.27. The van der Waals surface area contributed by atoms with Crippen molar-refractivity contribution in [2.45, 2.75) is 45.8 Å². The molecule has 10 heteroatoms. The van der Waals surface area contributed by atoms with E-state index in [0.29, 0.717) is 10.7 Å². The van der Waals surface area contributed by atoms with Gasteiger partial charge in [0.1, 0.15) is 11.2 Å². The standard InChI is InChI=1S/C28H27ClN6O3/c1-16(18-13-20(29)19-15-31-33-25(19)23(18)17-9-6-5-7-10-17)32-27(37)24-21(14-22(36)38-28(2,3)4)34-35-12-8-11-30-26(24)35/h5-13,15-16H,14H2,1-4H3,(H,31,33)(H,32,37). The molecule has 0 aliphatic heterocycles. The van der Waals surface area contributed by atoms with Crippen molar-refractivity contribution in [2.24, 2.45) is 0 Å². The molecule has 2 aromatic carbocycles. The van der Waals surface area contributed by atoms with Gasteiger partial charge in [0.25, 0.3) is 5.91 Å². The monoisotopic (exact) mass is 530 g/mol. The first-order valence-electron chi connectivity index (χ1n) is 12.2. The lowest BCUT2D eigenvalue weighted by molar-refractivity contribution is -0.154. The Morgan fingerprint density at radius 1 is 1.18 bits per heavy atom. The van der Waals surface area contributed by atoms with Crippen molar-refractivity contribution in [3.8, 4) is 11.1 Å². The van der Waals surface area contributed by atoms with Gasteiger partial charge in [0.2, 0.25) is 0 Å². The highest BCUT2D eigenvalue weighted by molar-refractivity contribution is 6.36. The summed E-state index contributed by atoms with van der Waals surface area (Å²) in [6.45, 7) is 7.25. The average Bonchev–Trinajstić information content (AvgIpc) is 3.48. The number of hydrogen-bond acceptors (Lipinski definition) is 6. The summed E-state index contributed by atoms with van der Waals surface area (Å²) in [4.78, 5) is 30.7. The van der Waals surface area contributed by atoms with Crippen LogP contribution < -0.4 is 5.32 Å². The first-order chi connectivity index (χ1) is 18.1. The van der Waals surface area contributed by atoms with E-state index < -0.39 is 23.5 Å². The van der Waals surface area contributed by atoms with Gasteiger partial charge < -0.3 is 10.1 Å². The molecule has 0 radical (unpaired) electrons. The number of halogens is 1. The summed E-state index contributed by atoms with van der Waals surface area (Å²) in [5, 5.41) is 16.1. The molecule has 0 spiro atoms. The van der Waals surface area contributed by atoms with Gasteiger partial charge in [-0.25, -0.2) is 9.50 Å². The molecule has 5 aromatic rings. The average molecular weight is 531 g/mol. The first kappa shape index (κ1) is 25.4. The molecule has 9 nitrogen and oxygen atoms in total. The number of nitrogens with one attached hydrogen (secondary N) is 2. The molecule has 38 heavy (non-hydrogen) atoms. The van der Waals surface area contributed by atoms with Crippen LogP contribution in [0.15, 0.2) is 61.1 Å². The summed E-state index contributed by atoms with van der Waals surface area (Å²) < 4.78 is 6.96. The fourth-order valence-electron chi connectivity index (χ4n) is 4.50. The highest BCUT2D eigenvalue weighted by atomic mass is 35.5. The van der Waals surface area contributed by atoms with Gasteiger partial charge >= 0.3 is 5.97 Å². The fraction of sp³-hybridized carbons (Fsp3) is 0.250. The third kappa shape index (κ3) is 4.97. The topological polar surface area (TPSA) is 114 Å². The van der Waals surface area contributed by atoms with E-state index >= 15 is 0 Å². The van der Waals surface area contributed by atoms with Crippen molar-refractivity contribution in [1.82, 2.24) is 30.1 Å². The maximum atomic E-state index is 13.7. The van der Waals surface area contributed by atoms with Crippen LogP contribution in [0.1, 0.15) is 55.4 Å². The third-order valence-corrected chi connectivity index (χ3v) is 6.33. The molecule has 1 unspecified atom stereocenters. The van der Waals surface area contributed by atoms with E-state index in [-0.39, 0.29) is 17.7 Å². The minimum atomic E-state index is -0.663. The molecule has 0 aliphatic carbocycles. The second kappa shape index (κ2) is 9.90. The summed E-state index contributed by atoms with van der Waals surface area (Å²) >= 11 is 6.61. The van der Waals surface area contributed by atoms with Crippen LogP contribution >= 0.6 is 11.6 Å². The van der Waals surface area contributed by atoms with Crippen LogP contribution in [0.5, 0.6) is 0 Å². The van der Waals surface area contributed by atoms with Gasteiger partial charge in [-0.2, -0.15) is 10.2 Å². The van der Waals surface area contributed by atoms with Crippen LogP contribution in [0.2, 0.25) is 5.02 Å². The predicted octanol–water partition coefficient (Wildman–Crippen LogP) is 5.30. The van der Waals surface area contributed by atoms with E-state index in [4.69, 9.17) is 16.3 Å². The molecule has 0 saturated carbocycles. The fourth-order valence-corrected chi connectivity index (χ4v) is 4.76. The Labute approximate surface area is 224 Å². The second-order valence-corrected chi connectivity index (χ2v) is 10.4. The van der Waals surface area contributed by atoms with Gasteiger partial charge in [0.05, 0.1) is 34.9 Å². The van der Waals surface area contributed by atoms with Crippen LogP contribution in [0, 0.1) is 0 Å². The van der Waals surface area contributed by atoms with Crippen molar-refractivity contribution in [3.05, 3.63) is 82.9 Å². The number of H-pyrrole nitrogens is 1. The number of aromatic amines is 1. The Balaban J connectivity index is 1.53. The quantitative estimate of drug-likeness (QED) is 0.288. The number of carbonyl (C=O) groups is 2. The van der Waals surface area contributed by atoms with Crippen LogP contribution in [0.25, 0.3) is 27.7 Å². The number of benzene rings is 2. The van der Waals surface area contributed by atoms with Crippen molar-refractivity contribution >= 4 is 40.0 Å². The molecular formula is C28H27ClN6O3. The maximum absolute atomic E-state index is 13.7. The number of rotatable bonds is 6. The highest BCUT2D eigenvalue weighted by Crippen LogP contribution is 2.38. The molecule has 3 heterocycles. The molecule has 5 rings (SSSR count). The Morgan fingerprint density at radius 2 is 1.95 bits per heavy atom. The summed E-state index contributed by atoms with van der Waals surface area (Å²) in [5.74, 6) is -0.893. The Morgan fingerprint density at radius 3 is 2.68 bits per heavy atom. The molecule has 1 amide bonds. The van der Waals surface area contributed by atoms with Crippen LogP contribution in [0.4, 0.5) is 0 Å². The molecule has 1 atom stereocenters. The van der Waals surface area contributed by atoms with Gasteiger partial charge in [0.15, 0.2) is 5.65 Å². The Bertz CT molecular complexity index is 1650. The van der Waals surface area contributed by atoms with Crippen LogP contribution in [0.3, 0.4) is 0 Å². The summed E-state index contributed by atoms with van der Waals surface area (Å²) in [6, 6.07) is 12.9. The molecule has 194 valence electrons. The van der Waals surface area contributed by atoms with E-state index in [1.807, 2.05) is 43.3 Å². The number of fused-ring (bicyclic) bond motifs is 2. The van der Waals surface area contributed by atoms with E-state index in [1.54, 1.807) is 45.4 Å². The van der Waals surface area contributed by atoms with E-state index in [9.17, 15) is 9.59 Å². The first-order valence-corrected chi connectivity index (χ1v) is 12.6. The van der Waals surface area contributed by atoms with E-state index in [2.05, 4.69) is 25.6 Å². The Hall–Kier alpha value is -4.24. The van der Waals surface area contributed by atoms with Crippen molar-refractivity contribution < 1.29 is 14.3 Å². The molecular weight excluding hydrogens is 504 g/mol. The third-order valence-electron chi connectivity index (χ3n) is 6.02. The normalized spacial score (nSPS) is 12.6. The van der Waals surface area contributed by atoms with Gasteiger partial charge in [0, 0.05) is 23.3 Å². The molecule has 0 bridgehead atoms. The largest absolute Gasteiger partial charge is 0.460 e. The minimum Gasteiger partial charge on any atom is -0.460 e. The van der Waals surface area contributed by atoms with Crippen LogP contribution in [-0.4, -0.2) is 42.3 Å². The van der Waals surface area contributed by atoms with Gasteiger partial charge in [-0.15, -0.1) is 0 Å². The zero-order valence-electron chi connectivity index (χ0n) is 21.4. The number of carbonyl (C=O) groups excluding carboxylic acids is 2. The lowest BCUT2D eigenvalue weighted by atomic mass is 9.93. The number of aromatic nitrogens is 5. The number of ether oxygens (including phenoxy) is 1. The SMILES string of the molecule is CC(NC(=O)c1c(CC(=O)OC(C)(C)C)nn2cccnc12)c1cc(Cl)c2cn[nH]c2c1-c1ccccc1. The minimum absolute atomic E-state index is 0.168. The van der Waals surface area contributed by atoms with Gasteiger partial charge in [-0.1, -0.05) is 41.9 Å².